The van der Waals surface area contributed by atoms with Crippen LogP contribution < -0.4 is 16.0 Å². The zero-order valence-corrected chi connectivity index (χ0v) is 12.5. The number of nitrogens with zero attached hydrogens (tertiary/aromatic N) is 1. The molecule has 2 aliphatic rings. The average Bonchev–Trinajstić information content (AvgIpc) is 2.53. The van der Waals surface area contributed by atoms with Gasteiger partial charge in [0.15, 0.2) is 0 Å². The van der Waals surface area contributed by atoms with Gasteiger partial charge in [-0.2, -0.15) is 0 Å². The second kappa shape index (κ2) is 4.85. The number of hydrogen-bond acceptors (Lipinski definition) is 3. The number of aryl methyl sites for hydroxylation is 1. The van der Waals surface area contributed by atoms with Crippen molar-refractivity contribution in [2.45, 2.75) is 25.6 Å². The Kier molecular flexibility index (Phi) is 2.94. The van der Waals surface area contributed by atoms with Crippen LogP contribution in [-0.4, -0.2) is 12.5 Å². The van der Waals surface area contributed by atoms with Crippen LogP contribution in [0.25, 0.3) is 0 Å². The summed E-state index contributed by atoms with van der Waals surface area (Å²) in [7, 11) is 0. The fraction of sp³-hybridized carbons (Fsp3) is 0.278. The van der Waals surface area contributed by atoms with E-state index in [9.17, 15) is 4.79 Å². The Morgan fingerprint density at radius 1 is 1.18 bits per heavy atom. The zero-order valence-electron chi connectivity index (χ0n) is 12.5. The molecule has 0 radical (unpaired) electrons. The van der Waals surface area contributed by atoms with Gasteiger partial charge in [0.1, 0.15) is 6.17 Å². The predicted octanol–water partition coefficient (Wildman–Crippen LogP) is 2.65. The summed E-state index contributed by atoms with van der Waals surface area (Å²) in [5.74, 6) is -0.0206. The molecular formula is C18H19N3O. The van der Waals surface area contributed by atoms with E-state index < -0.39 is 0 Å². The third-order valence-corrected chi connectivity index (χ3v) is 4.65. The van der Waals surface area contributed by atoms with E-state index in [2.05, 4.69) is 41.4 Å². The quantitative estimate of drug-likeness (QED) is 0.850. The lowest BCUT2D eigenvalue weighted by molar-refractivity contribution is 0.0925. The first-order valence-corrected chi connectivity index (χ1v) is 7.68. The van der Waals surface area contributed by atoms with Gasteiger partial charge in [0.2, 0.25) is 0 Å². The summed E-state index contributed by atoms with van der Waals surface area (Å²) in [6, 6.07) is 14.2. The average molecular weight is 293 g/mol. The molecule has 2 heterocycles. The standard InChI is InChI=1S/C18H19N3O/c1-11-5-7-12(8-6-11)17-20-18(22)14-4-2-3-13-15(19)9-10-21(17)16(13)14/h2-8,15,17H,9-10,19H2,1H3,(H,20,22)/t15-,17-/m1/s1. The highest BCUT2D eigenvalue weighted by atomic mass is 16.2. The van der Waals surface area contributed by atoms with Gasteiger partial charge in [0.25, 0.3) is 5.91 Å². The summed E-state index contributed by atoms with van der Waals surface area (Å²) < 4.78 is 0. The number of carbonyl (C=O) groups is 1. The van der Waals surface area contributed by atoms with Crippen LogP contribution in [0, 0.1) is 6.92 Å². The Bertz CT molecular complexity index is 738. The third kappa shape index (κ3) is 1.91. The van der Waals surface area contributed by atoms with Crippen molar-refractivity contribution in [3.63, 3.8) is 0 Å². The van der Waals surface area contributed by atoms with E-state index >= 15 is 0 Å². The number of carbonyl (C=O) groups excluding carboxylic acids is 1. The van der Waals surface area contributed by atoms with Gasteiger partial charge >= 0.3 is 0 Å². The lowest BCUT2D eigenvalue weighted by atomic mass is 9.90. The minimum Gasteiger partial charge on any atom is -0.346 e. The molecule has 3 N–H and O–H groups in total. The van der Waals surface area contributed by atoms with Gasteiger partial charge in [-0.05, 0) is 30.5 Å². The van der Waals surface area contributed by atoms with Crippen molar-refractivity contribution in [1.29, 1.82) is 0 Å². The second-order valence-corrected chi connectivity index (χ2v) is 6.12. The monoisotopic (exact) mass is 293 g/mol. The van der Waals surface area contributed by atoms with Crippen molar-refractivity contribution in [2.75, 3.05) is 11.4 Å². The van der Waals surface area contributed by atoms with Crippen molar-refractivity contribution in [3.8, 4) is 0 Å². The molecule has 2 aromatic rings. The molecule has 2 aliphatic heterocycles. The first-order chi connectivity index (χ1) is 10.6. The first kappa shape index (κ1) is 13.3. The number of anilines is 1. The number of benzene rings is 2. The summed E-state index contributed by atoms with van der Waals surface area (Å²) in [4.78, 5) is 14.8. The fourth-order valence-electron chi connectivity index (χ4n) is 3.46. The Morgan fingerprint density at radius 3 is 2.73 bits per heavy atom. The molecule has 0 spiro atoms. The van der Waals surface area contributed by atoms with E-state index in [1.165, 1.54) is 5.56 Å². The van der Waals surface area contributed by atoms with E-state index in [0.29, 0.717) is 0 Å². The number of nitrogens with two attached hydrogens (primary N) is 1. The van der Waals surface area contributed by atoms with E-state index in [1.54, 1.807) is 0 Å². The molecule has 0 aromatic heterocycles. The smallest absolute Gasteiger partial charge is 0.255 e. The van der Waals surface area contributed by atoms with Crippen LogP contribution in [0.3, 0.4) is 0 Å². The van der Waals surface area contributed by atoms with Crippen molar-refractivity contribution in [2.24, 2.45) is 5.73 Å². The van der Waals surface area contributed by atoms with Gasteiger partial charge in [0, 0.05) is 12.6 Å². The summed E-state index contributed by atoms with van der Waals surface area (Å²) in [6.45, 7) is 2.92. The van der Waals surface area contributed by atoms with Crippen LogP contribution in [-0.2, 0) is 0 Å². The topological polar surface area (TPSA) is 58.4 Å². The highest BCUT2D eigenvalue weighted by Gasteiger charge is 2.36. The second-order valence-electron chi connectivity index (χ2n) is 6.12. The molecule has 2 aromatic carbocycles. The zero-order chi connectivity index (χ0) is 15.3. The van der Waals surface area contributed by atoms with E-state index in [0.717, 1.165) is 35.3 Å². The molecular weight excluding hydrogens is 274 g/mol. The van der Waals surface area contributed by atoms with E-state index in [-0.39, 0.29) is 18.1 Å². The van der Waals surface area contributed by atoms with Gasteiger partial charge in [-0.3, -0.25) is 4.79 Å². The maximum absolute atomic E-state index is 12.5. The molecule has 0 saturated carbocycles. The molecule has 0 bridgehead atoms. The lowest BCUT2D eigenvalue weighted by Gasteiger charge is -2.44. The molecule has 2 atom stereocenters. The van der Waals surface area contributed by atoms with Gasteiger partial charge in [0.05, 0.1) is 11.3 Å². The fourth-order valence-corrected chi connectivity index (χ4v) is 3.46. The normalized spacial score (nSPS) is 23.0. The van der Waals surface area contributed by atoms with Crippen LogP contribution in [0.1, 0.15) is 45.7 Å². The largest absolute Gasteiger partial charge is 0.346 e. The van der Waals surface area contributed by atoms with Gasteiger partial charge < -0.3 is 16.0 Å². The van der Waals surface area contributed by atoms with Crippen molar-refractivity contribution in [3.05, 3.63) is 64.7 Å². The molecule has 112 valence electrons. The van der Waals surface area contributed by atoms with E-state index in [4.69, 9.17) is 5.73 Å². The summed E-state index contributed by atoms with van der Waals surface area (Å²) in [6.07, 6.45) is 0.781. The number of para-hydroxylation sites is 1. The molecule has 22 heavy (non-hydrogen) atoms. The highest BCUT2D eigenvalue weighted by Crippen LogP contribution is 2.41. The third-order valence-electron chi connectivity index (χ3n) is 4.65. The van der Waals surface area contributed by atoms with Crippen molar-refractivity contribution >= 4 is 11.6 Å². The van der Waals surface area contributed by atoms with Gasteiger partial charge in [-0.15, -0.1) is 0 Å². The van der Waals surface area contributed by atoms with Crippen molar-refractivity contribution < 1.29 is 4.79 Å². The Morgan fingerprint density at radius 2 is 1.95 bits per heavy atom. The molecule has 4 heteroatoms. The first-order valence-electron chi connectivity index (χ1n) is 7.68. The molecule has 4 rings (SSSR count). The molecule has 1 amide bonds. The van der Waals surface area contributed by atoms with Gasteiger partial charge in [-0.25, -0.2) is 0 Å². The number of rotatable bonds is 1. The molecule has 4 nitrogen and oxygen atoms in total. The van der Waals surface area contributed by atoms with Crippen LogP contribution in [0.2, 0.25) is 0 Å². The summed E-state index contributed by atoms with van der Waals surface area (Å²) in [5, 5.41) is 3.13. The van der Waals surface area contributed by atoms with Crippen LogP contribution in [0.5, 0.6) is 0 Å². The predicted molar refractivity (Wildman–Crippen MR) is 86.7 cm³/mol. The number of nitrogens with one attached hydrogen (secondary N) is 1. The lowest BCUT2D eigenvalue weighted by Crippen LogP contribution is -2.49. The molecule has 0 unspecified atom stereocenters. The van der Waals surface area contributed by atoms with Crippen LogP contribution >= 0.6 is 0 Å². The van der Waals surface area contributed by atoms with Crippen molar-refractivity contribution in [1.82, 2.24) is 5.32 Å². The Hall–Kier alpha value is -2.33. The van der Waals surface area contributed by atoms with Crippen LogP contribution in [0.4, 0.5) is 5.69 Å². The maximum atomic E-state index is 12.5. The Balaban J connectivity index is 1.85. The number of hydrogen-bond donors (Lipinski definition) is 2. The SMILES string of the molecule is Cc1ccc([C@@H]2NC(=O)c3cccc4c3N2CC[C@H]4N)cc1. The highest BCUT2D eigenvalue weighted by molar-refractivity contribution is 6.03. The summed E-state index contributed by atoms with van der Waals surface area (Å²) in [5.41, 5.74) is 11.4. The minimum absolute atomic E-state index is 0.00997. The summed E-state index contributed by atoms with van der Waals surface area (Å²) >= 11 is 0. The van der Waals surface area contributed by atoms with Gasteiger partial charge in [-0.1, -0.05) is 42.0 Å². The maximum Gasteiger partial charge on any atom is 0.255 e. The molecule has 0 saturated heterocycles. The van der Waals surface area contributed by atoms with E-state index in [1.807, 2.05) is 18.2 Å². The minimum atomic E-state index is -0.116. The Labute approximate surface area is 129 Å². The number of amides is 1. The van der Waals surface area contributed by atoms with Crippen LogP contribution in [0.15, 0.2) is 42.5 Å². The molecule has 0 aliphatic carbocycles. The molecule has 0 fully saturated rings.